The molecule has 0 aliphatic rings. The van der Waals surface area contributed by atoms with Gasteiger partial charge in [0, 0.05) is 14.1 Å². The lowest BCUT2D eigenvalue weighted by molar-refractivity contribution is -0.147. The van der Waals surface area contributed by atoms with Crippen molar-refractivity contribution in [1.29, 1.82) is 0 Å². The quantitative estimate of drug-likeness (QED) is 0.490. The van der Waals surface area contributed by atoms with Gasteiger partial charge in [-0.3, -0.25) is 4.79 Å². The number of phenolic OH excluding ortho intramolecular Hbond substituents is 1. The van der Waals surface area contributed by atoms with E-state index in [4.69, 9.17) is 4.42 Å². The molecule has 1 amide bonds. The highest BCUT2D eigenvalue weighted by Crippen LogP contribution is 2.39. The summed E-state index contributed by atoms with van der Waals surface area (Å²) < 4.78 is 53.7. The van der Waals surface area contributed by atoms with Crippen LogP contribution in [0.4, 0.5) is 30.5 Å². The van der Waals surface area contributed by atoms with E-state index in [2.05, 4.69) is 19.4 Å². The molecule has 0 bridgehead atoms. The average molecular weight is 441 g/mol. The molecule has 2 aromatic heterocycles. The van der Waals surface area contributed by atoms with E-state index in [1.807, 2.05) is 0 Å². The summed E-state index contributed by atoms with van der Waals surface area (Å²) in [4.78, 5) is 13.5. The van der Waals surface area contributed by atoms with E-state index >= 15 is 0 Å². The molecule has 0 radical (unpaired) electrons. The molecule has 0 spiro atoms. The van der Waals surface area contributed by atoms with Crippen molar-refractivity contribution in [2.24, 2.45) is 0 Å². The predicted molar refractivity (Wildman–Crippen MR) is 105 cm³/mol. The fourth-order valence-electron chi connectivity index (χ4n) is 2.61. The van der Waals surface area contributed by atoms with Gasteiger partial charge >= 0.3 is 6.18 Å². The summed E-state index contributed by atoms with van der Waals surface area (Å²) in [5.74, 6) is -0.994. The van der Waals surface area contributed by atoms with Crippen LogP contribution in [0.15, 0.2) is 34.7 Å². The Morgan fingerprint density at radius 1 is 1.20 bits per heavy atom. The van der Waals surface area contributed by atoms with E-state index in [0.29, 0.717) is 17.5 Å². The van der Waals surface area contributed by atoms with Gasteiger partial charge in [-0.05, 0) is 31.2 Å². The third-order valence-electron chi connectivity index (χ3n) is 4.07. The number of carbonyl (C=O) groups excluding carboxylic acids is 1. The van der Waals surface area contributed by atoms with E-state index in [0.717, 1.165) is 0 Å². The lowest BCUT2D eigenvalue weighted by Gasteiger charge is -2.20. The molecule has 3 N–H and O–H groups in total. The summed E-state index contributed by atoms with van der Waals surface area (Å²) in [6.45, 7) is 1.54. The Hall–Kier alpha value is -3.28. The van der Waals surface area contributed by atoms with Crippen LogP contribution in [0.3, 0.4) is 0 Å². The minimum atomic E-state index is -4.66. The molecular formula is C18H18F3N5O3S. The van der Waals surface area contributed by atoms with Crippen LogP contribution >= 0.6 is 11.7 Å². The number of amides is 1. The van der Waals surface area contributed by atoms with Gasteiger partial charge in [-0.1, -0.05) is 6.07 Å². The van der Waals surface area contributed by atoms with Crippen LogP contribution in [-0.2, 0) is 0 Å². The van der Waals surface area contributed by atoms with E-state index in [9.17, 15) is 23.1 Å². The molecule has 1 aromatic carbocycles. The second kappa shape index (κ2) is 8.22. The Bertz CT molecular complexity index is 1050. The van der Waals surface area contributed by atoms with Crippen LogP contribution in [0.5, 0.6) is 5.75 Å². The smallest absolute Gasteiger partial charge is 0.415 e. The van der Waals surface area contributed by atoms with Crippen molar-refractivity contribution in [3.05, 3.63) is 47.4 Å². The Labute approximate surface area is 173 Å². The number of phenols is 1. The number of para-hydroxylation sites is 1. The number of nitrogens with one attached hydrogen (secondary N) is 2. The van der Waals surface area contributed by atoms with Crippen molar-refractivity contribution in [3.63, 3.8) is 0 Å². The number of aryl methyl sites for hydroxylation is 1. The molecule has 30 heavy (non-hydrogen) atoms. The standard InChI is InChI=1S/C18H18F3N5O3S/c1-9-7-8-12(29-9)14(18(19,20)21)23-16-15(24-30-25-16)22-11-6-4-5-10(13(11)27)17(28)26(2)3/h4-8,14,27H,1-3H3,(H,22,24)(H,23,25). The van der Waals surface area contributed by atoms with E-state index < -0.39 is 18.1 Å². The van der Waals surface area contributed by atoms with Crippen LogP contribution in [-0.4, -0.2) is 44.9 Å². The van der Waals surface area contributed by atoms with Gasteiger partial charge in [0.2, 0.25) is 0 Å². The van der Waals surface area contributed by atoms with Crippen LogP contribution in [0, 0.1) is 6.92 Å². The van der Waals surface area contributed by atoms with Crippen molar-refractivity contribution >= 4 is 35.0 Å². The van der Waals surface area contributed by atoms with Gasteiger partial charge in [-0.25, -0.2) is 0 Å². The zero-order valence-electron chi connectivity index (χ0n) is 16.1. The summed E-state index contributed by atoms with van der Waals surface area (Å²) in [7, 11) is 3.06. The van der Waals surface area contributed by atoms with Gasteiger partial charge in [0.1, 0.15) is 11.5 Å². The maximum Gasteiger partial charge on any atom is 0.415 e. The zero-order valence-corrected chi connectivity index (χ0v) is 16.9. The fraction of sp³-hybridized carbons (Fsp3) is 0.278. The van der Waals surface area contributed by atoms with Crippen LogP contribution < -0.4 is 10.6 Å². The molecule has 0 saturated carbocycles. The second-order valence-electron chi connectivity index (χ2n) is 6.56. The first-order chi connectivity index (χ1) is 14.1. The minimum Gasteiger partial charge on any atom is -0.505 e. The Kier molecular flexibility index (Phi) is 5.87. The molecule has 1 unspecified atom stereocenters. The Morgan fingerprint density at radius 3 is 2.50 bits per heavy atom. The average Bonchev–Trinajstić information content (AvgIpc) is 3.28. The number of alkyl halides is 3. The molecule has 160 valence electrons. The van der Waals surface area contributed by atoms with E-state index in [1.165, 1.54) is 49.3 Å². The molecule has 12 heteroatoms. The van der Waals surface area contributed by atoms with E-state index in [1.54, 1.807) is 6.92 Å². The molecule has 0 fully saturated rings. The highest BCUT2D eigenvalue weighted by molar-refractivity contribution is 6.99. The molecule has 0 aliphatic heterocycles. The molecule has 3 aromatic rings. The summed E-state index contributed by atoms with van der Waals surface area (Å²) in [5.41, 5.74) is 0.123. The van der Waals surface area contributed by atoms with Crippen molar-refractivity contribution in [2.45, 2.75) is 19.1 Å². The van der Waals surface area contributed by atoms with Crippen molar-refractivity contribution in [1.82, 2.24) is 13.6 Å². The third-order valence-corrected chi connectivity index (χ3v) is 4.60. The number of aromatic hydroxyl groups is 1. The van der Waals surface area contributed by atoms with Gasteiger partial charge < -0.3 is 25.1 Å². The number of carbonyl (C=O) groups is 1. The lowest BCUT2D eigenvalue weighted by atomic mass is 10.1. The Morgan fingerprint density at radius 2 is 1.90 bits per heavy atom. The number of nitrogens with zero attached hydrogens (tertiary/aromatic N) is 3. The van der Waals surface area contributed by atoms with Crippen LogP contribution in [0.2, 0.25) is 0 Å². The van der Waals surface area contributed by atoms with Crippen LogP contribution in [0.25, 0.3) is 0 Å². The first-order valence-corrected chi connectivity index (χ1v) is 9.33. The molecule has 2 heterocycles. The van der Waals surface area contributed by atoms with Gasteiger partial charge in [-0.2, -0.15) is 21.9 Å². The van der Waals surface area contributed by atoms with Gasteiger partial charge in [0.25, 0.3) is 5.91 Å². The van der Waals surface area contributed by atoms with Crippen LogP contribution in [0.1, 0.15) is 27.9 Å². The highest BCUT2D eigenvalue weighted by atomic mass is 32.1. The maximum atomic E-state index is 13.6. The normalized spacial score (nSPS) is 12.5. The summed E-state index contributed by atoms with van der Waals surface area (Å²) in [5, 5.41) is 15.4. The zero-order chi connectivity index (χ0) is 22.1. The van der Waals surface area contributed by atoms with Gasteiger partial charge in [0.05, 0.1) is 23.0 Å². The molecule has 3 rings (SSSR count). The second-order valence-corrected chi connectivity index (χ2v) is 7.08. The van der Waals surface area contributed by atoms with Crippen molar-refractivity contribution < 1.29 is 27.5 Å². The van der Waals surface area contributed by atoms with E-state index in [-0.39, 0.29) is 34.4 Å². The molecule has 8 nitrogen and oxygen atoms in total. The third kappa shape index (κ3) is 4.48. The number of halogens is 3. The molecule has 1 atom stereocenters. The van der Waals surface area contributed by atoms with Crippen molar-refractivity contribution in [2.75, 3.05) is 24.7 Å². The monoisotopic (exact) mass is 441 g/mol. The Balaban J connectivity index is 1.89. The number of anilines is 3. The highest BCUT2D eigenvalue weighted by Gasteiger charge is 2.44. The van der Waals surface area contributed by atoms with Gasteiger partial charge in [0.15, 0.2) is 23.4 Å². The first kappa shape index (κ1) is 21.4. The minimum absolute atomic E-state index is 0.0296. The SMILES string of the molecule is Cc1ccc(C(Nc2nsnc2Nc2cccc(C(=O)N(C)C)c2O)C(F)(F)F)o1. The number of hydrogen-bond acceptors (Lipinski definition) is 8. The lowest BCUT2D eigenvalue weighted by Crippen LogP contribution is -2.28. The maximum absolute atomic E-state index is 13.6. The topological polar surface area (TPSA) is 104 Å². The first-order valence-electron chi connectivity index (χ1n) is 8.60. The number of rotatable bonds is 6. The fourth-order valence-corrected chi connectivity index (χ4v) is 3.09. The largest absolute Gasteiger partial charge is 0.505 e. The number of aromatic nitrogens is 2. The number of hydrogen-bond donors (Lipinski definition) is 3. The van der Waals surface area contributed by atoms with Gasteiger partial charge in [-0.15, -0.1) is 0 Å². The predicted octanol–water partition coefficient (Wildman–Crippen LogP) is 4.31. The summed E-state index contributed by atoms with van der Waals surface area (Å²) in [6, 6.07) is 4.93. The molecule has 0 aliphatic carbocycles. The number of benzene rings is 1. The molecule has 0 saturated heterocycles. The summed E-state index contributed by atoms with van der Waals surface area (Å²) >= 11 is 0.680. The number of furan rings is 1. The summed E-state index contributed by atoms with van der Waals surface area (Å²) in [6.07, 6.45) is -4.66. The molecular weight excluding hydrogens is 423 g/mol. The van der Waals surface area contributed by atoms with Crippen molar-refractivity contribution in [3.8, 4) is 5.75 Å².